The van der Waals surface area contributed by atoms with Gasteiger partial charge in [0.15, 0.2) is 0 Å². The molecule has 0 aliphatic carbocycles. The Hall–Kier alpha value is -1.61. The normalized spacial score (nSPS) is 13.8. The van der Waals surface area contributed by atoms with Crippen molar-refractivity contribution in [1.82, 2.24) is 4.72 Å². The Balaban J connectivity index is 3.05. The Bertz CT molecular complexity index is 628. The first-order valence-corrected chi connectivity index (χ1v) is 7.98. The standard InChI is InChI=1S/C13H16F3NO4S/c1-2-3-7-11(12(18)19)17-22(20,21)10-6-4-5-9(8-10)13(14,15)16/h4-6,8,11,17H,2-3,7H2,1H3,(H,18,19). The van der Waals surface area contributed by atoms with Gasteiger partial charge < -0.3 is 5.11 Å². The van der Waals surface area contributed by atoms with Crippen molar-refractivity contribution in [2.75, 3.05) is 0 Å². The van der Waals surface area contributed by atoms with Crippen molar-refractivity contribution in [3.8, 4) is 0 Å². The van der Waals surface area contributed by atoms with Crippen LogP contribution in [0.3, 0.4) is 0 Å². The van der Waals surface area contributed by atoms with E-state index >= 15 is 0 Å². The molecule has 0 aromatic heterocycles. The SMILES string of the molecule is CCCCC(NS(=O)(=O)c1cccc(C(F)(F)F)c1)C(=O)O. The van der Waals surface area contributed by atoms with Crippen LogP contribution >= 0.6 is 0 Å². The molecule has 0 heterocycles. The first-order chi connectivity index (χ1) is 10.1. The van der Waals surface area contributed by atoms with Gasteiger partial charge in [-0.05, 0) is 24.6 Å². The molecule has 1 aromatic rings. The Labute approximate surface area is 126 Å². The summed E-state index contributed by atoms with van der Waals surface area (Å²) in [6.07, 6.45) is -3.49. The van der Waals surface area contributed by atoms with Crippen molar-refractivity contribution in [2.45, 2.75) is 43.3 Å². The molecule has 0 fully saturated rings. The number of sulfonamides is 1. The molecule has 0 amide bonds. The highest BCUT2D eigenvalue weighted by Crippen LogP contribution is 2.30. The fraction of sp³-hybridized carbons (Fsp3) is 0.462. The lowest BCUT2D eigenvalue weighted by Crippen LogP contribution is -2.40. The van der Waals surface area contributed by atoms with E-state index in [1.54, 1.807) is 6.92 Å². The Morgan fingerprint density at radius 1 is 1.36 bits per heavy atom. The number of carboxylic acid groups (broad SMARTS) is 1. The minimum absolute atomic E-state index is 0.0595. The van der Waals surface area contributed by atoms with E-state index in [0.29, 0.717) is 18.9 Å². The summed E-state index contributed by atoms with van der Waals surface area (Å²) in [5, 5.41) is 8.99. The van der Waals surface area contributed by atoms with Crippen LogP contribution in [0.25, 0.3) is 0 Å². The third kappa shape index (κ3) is 4.99. The van der Waals surface area contributed by atoms with Gasteiger partial charge in [-0.15, -0.1) is 0 Å². The average molecular weight is 339 g/mol. The molecule has 0 aliphatic heterocycles. The molecule has 1 unspecified atom stereocenters. The number of hydrogen-bond acceptors (Lipinski definition) is 3. The van der Waals surface area contributed by atoms with E-state index < -0.39 is 38.7 Å². The van der Waals surface area contributed by atoms with Gasteiger partial charge in [0, 0.05) is 0 Å². The number of benzene rings is 1. The third-order valence-electron chi connectivity index (χ3n) is 2.91. The lowest BCUT2D eigenvalue weighted by Gasteiger charge is -2.15. The predicted molar refractivity (Wildman–Crippen MR) is 72.7 cm³/mol. The highest BCUT2D eigenvalue weighted by molar-refractivity contribution is 7.89. The van der Waals surface area contributed by atoms with Crippen LogP contribution in [0, 0.1) is 0 Å². The van der Waals surface area contributed by atoms with Gasteiger partial charge in [0.1, 0.15) is 6.04 Å². The topological polar surface area (TPSA) is 83.5 Å². The summed E-state index contributed by atoms with van der Waals surface area (Å²) in [5.74, 6) is -1.37. The second-order valence-corrected chi connectivity index (χ2v) is 6.39. The third-order valence-corrected chi connectivity index (χ3v) is 4.38. The average Bonchev–Trinajstić information content (AvgIpc) is 2.42. The summed E-state index contributed by atoms with van der Waals surface area (Å²) < 4.78 is 63.8. The number of aliphatic carboxylic acids is 1. The minimum atomic E-state index is -4.68. The minimum Gasteiger partial charge on any atom is -0.480 e. The highest BCUT2D eigenvalue weighted by atomic mass is 32.2. The molecule has 0 radical (unpaired) electrons. The molecule has 22 heavy (non-hydrogen) atoms. The molecule has 0 saturated carbocycles. The Morgan fingerprint density at radius 2 is 2.00 bits per heavy atom. The number of nitrogens with one attached hydrogen (secondary N) is 1. The van der Waals surface area contributed by atoms with Crippen LogP contribution in [0.1, 0.15) is 31.7 Å². The zero-order chi connectivity index (χ0) is 17.0. The van der Waals surface area contributed by atoms with Crippen molar-refractivity contribution in [3.63, 3.8) is 0 Å². The van der Waals surface area contributed by atoms with E-state index in [0.717, 1.165) is 18.2 Å². The molecular formula is C13H16F3NO4S. The van der Waals surface area contributed by atoms with Gasteiger partial charge in [-0.1, -0.05) is 25.8 Å². The summed E-state index contributed by atoms with van der Waals surface area (Å²) in [4.78, 5) is 10.4. The van der Waals surface area contributed by atoms with Gasteiger partial charge in [-0.25, -0.2) is 8.42 Å². The molecule has 0 aliphatic rings. The molecule has 0 saturated heterocycles. The second-order valence-electron chi connectivity index (χ2n) is 4.68. The van der Waals surface area contributed by atoms with Gasteiger partial charge in [-0.3, -0.25) is 4.79 Å². The van der Waals surface area contributed by atoms with E-state index in [2.05, 4.69) is 0 Å². The first kappa shape index (κ1) is 18.4. The maximum Gasteiger partial charge on any atom is 0.416 e. The van der Waals surface area contributed by atoms with Gasteiger partial charge >= 0.3 is 12.1 Å². The van der Waals surface area contributed by atoms with E-state index in [9.17, 15) is 26.4 Å². The van der Waals surface area contributed by atoms with Crippen LogP contribution < -0.4 is 4.72 Å². The fourth-order valence-corrected chi connectivity index (χ4v) is 3.01. The fourth-order valence-electron chi connectivity index (χ4n) is 1.74. The number of carbonyl (C=O) groups is 1. The summed E-state index contributed by atoms with van der Waals surface area (Å²) >= 11 is 0. The smallest absolute Gasteiger partial charge is 0.416 e. The first-order valence-electron chi connectivity index (χ1n) is 6.50. The van der Waals surface area contributed by atoms with E-state index in [-0.39, 0.29) is 6.42 Å². The monoisotopic (exact) mass is 339 g/mol. The van der Waals surface area contributed by atoms with E-state index in [4.69, 9.17) is 5.11 Å². The van der Waals surface area contributed by atoms with Gasteiger partial charge in [0.2, 0.25) is 10.0 Å². The van der Waals surface area contributed by atoms with E-state index in [1.165, 1.54) is 0 Å². The number of hydrogen-bond donors (Lipinski definition) is 2. The lowest BCUT2D eigenvalue weighted by atomic mass is 10.1. The van der Waals surface area contributed by atoms with Crippen LogP contribution in [0.2, 0.25) is 0 Å². The van der Waals surface area contributed by atoms with Gasteiger partial charge in [0.25, 0.3) is 0 Å². The molecule has 0 bridgehead atoms. The summed E-state index contributed by atoms with van der Waals surface area (Å²) in [6.45, 7) is 1.81. The summed E-state index contributed by atoms with van der Waals surface area (Å²) in [5.41, 5.74) is -1.11. The number of unbranched alkanes of at least 4 members (excludes halogenated alkanes) is 1. The molecule has 1 atom stereocenters. The highest BCUT2D eigenvalue weighted by Gasteiger charge is 2.32. The van der Waals surface area contributed by atoms with E-state index in [1.807, 2.05) is 4.72 Å². The van der Waals surface area contributed by atoms with Crippen LogP contribution in [0.5, 0.6) is 0 Å². The number of alkyl halides is 3. The number of halogens is 3. The Morgan fingerprint density at radius 3 is 2.50 bits per heavy atom. The molecule has 2 N–H and O–H groups in total. The van der Waals surface area contributed by atoms with Crippen molar-refractivity contribution in [1.29, 1.82) is 0 Å². The summed E-state index contributed by atoms with van der Waals surface area (Å²) in [6, 6.07) is 1.78. The van der Waals surface area contributed by atoms with Crippen LogP contribution in [0.15, 0.2) is 29.2 Å². The van der Waals surface area contributed by atoms with Crippen molar-refractivity contribution in [2.24, 2.45) is 0 Å². The molecule has 1 rings (SSSR count). The van der Waals surface area contributed by atoms with Gasteiger partial charge in [0.05, 0.1) is 10.5 Å². The molecule has 0 spiro atoms. The van der Waals surface area contributed by atoms with Crippen molar-refractivity contribution < 1.29 is 31.5 Å². The molecule has 5 nitrogen and oxygen atoms in total. The van der Waals surface area contributed by atoms with Crippen LogP contribution in [0.4, 0.5) is 13.2 Å². The molecule has 1 aromatic carbocycles. The molecular weight excluding hydrogens is 323 g/mol. The number of carboxylic acids is 1. The maximum absolute atomic E-state index is 12.6. The zero-order valence-corrected chi connectivity index (χ0v) is 12.5. The van der Waals surface area contributed by atoms with Gasteiger partial charge in [-0.2, -0.15) is 17.9 Å². The molecule has 9 heteroatoms. The van der Waals surface area contributed by atoms with Crippen LogP contribution in [-0.4, -0.2) is 25.5 Å². The number of rotatable bonds is 7. The summed E-state index contributed by atoms with van der Waals surface area (Å²) in [7, 11) is -4.35. The lowest BCUT2D eigenvalue weighted by molar-refractivity contribution is -0.139. The van der Waals surface area contributed by atoms with Crippen molar-refractivity contribution >= 4 is 16.0 Å². The maximum atomic E-state index is 12.6. The molecule has 124 valence electrons. The Kier molecular flexibility index (Phi) is 5.95. The van der Waals surface area contributed by atoms with Crippen molar-refractivity contribution in [3.05, 3.63) is 29.8 Å². The second kappa shape index (κ2) is 7.10. The van der Waals surface area contributed by atoms with Crippen LogP contribution in [-0.2, 0) is 21.0 Å². The quantitative estimate of drug-likeness (QED) is 0.800. The largest absolute Gasteiger partial charge is 0.480 e. The predicted octanol–water partition coefficient (Wildman–Crippen LogP) is 2.63. The zero-order valence-electron chi connectivity index (χ0n) is 11.7.